The lowest BCUT2D eigenvalue weighted by atomic mass is 10.1. The number of hydrogen-bond donors (Lipinski definition) is 1. The van der Waals surface area contributed by atoms with Crippen LogP contribution in [0.3, 0.4) is 0 Å². The number of methoxy groups -OCH3 is 1. The molecule has 0 spiro atoms. The molecule has 0 aliphatic heterocycles. The summed E-state index contributed by atoms with van der Waals surface area (Å²) < 4.78 is 68.1. The van der Waals surface area contributed by atoms with E-state index < -0.39 is 28.3 Å². The molecule has 1 N–H and O–H groups in total. The Bertz CT molecular complexity index is 484. The third kappa shape index (κ3) is 3.22. The van der Waals surface area contributed by atoms with Crippen LogP contribution >= 0.6 is 11.3 Å². The maximum atomic E-state index is 12.9. The minimum atomic E-state index is -4.76. The van der Waals surface area contributed by atoms with E-state index in [0.717, 1.165) is 25.4 Å². The van der Waals surface area contributed by atoms with E-state index in [0.29, 0.717) is 0 Å². The molecule has 0 aliphatic rings. The van der Waals surface area contributed by atoms with Crippen LogP contribution in [0, 0.1) is 0 Å². The zero-order valence-corrected chi connectivity index (χ0v) is 11.2. The van der Waals surface area contributed by atoms with Crippen molar-refractivity contribution >= 4 is 21.4 Å². The van der Waals surface area contributed by atoms with Gasteiger partial charge in [0.15, 0.2) is 0 Å². The third-order valence-electron chi connectivity index (χ3n) is 2.18. The van der Waals surface area contributed by atoms with E-state index in [1.54, 1.807) is 4.72 Å². The second kappa shape index (κ2) is 5.16. The monoisotopic (exact) mass is 303 g/mol. The predicted octanol–water partition coefficient (Wildman–Crippen LogP) is 1.99. The second-order valence-electron chi connectivity index (χ2n) is 3.80. The molecule has 0 saturated heterocycles. The number of sulfonamides is 1. The molecule has 0 fully saturated rings. The Morgan fingerprint density at radius 3 is 2.44 bits per heavy atom. The molecule has 1 aromatic rings. The molecule has 1 heterocycles. The molecule has 1 unspecified atom stereocenters. The number of halogens is 3. The highest BCUT2D eigenvalue weighted by Gasteiger charge is 2.53. The van der Waals surface area contributed by atoms with E-state index >= 15 is 0 Å². The molecule has 0 amide bonds. The van der Waals surface area contributed by atoms with Crippen LogP contribution in [-0.2, 0) is 14.8 Å². The first kappa shape index (κ1) is 15.4. The van der Waals surface area contributed by atoms with E-state index in [4.69, 9.17) is 0 Å². The van der Waals surface area contributed by atoms with Crippen molar-refractivity contribution in [2.75, 3.05) is 13.7 Å². The molecule has 0 aromatic carbocycles. The maximum absolute atomic E-state index is 12.9. The van der Waals surface area contributed by atoms with Crippen molar-refractivity contribution in [3.63, 3.8) is 0 Å². The summed E-state index contributed by atoms with van der Waals surface area (Å²) in [5.74, 6) is 0. The molecule has 1 rings (SSSR count). The van der Waals surface area contributed by atoms with Crippen molar-refractivity contribution in [1.82, 2.24) is 4.72 Å². The van der Waals surface area contributed by atoms with E-state index in [1.165, 1.54) is 17.5 Å². The Hall–Kier alpha value is -0.640. The highest BCUT2D eigenvalue weighted by atomic mass is 32.2. The summed E-state index contributed by atoms with van der Waals surface area (Å²) in [6.07, 6.45) is -4.76. The first-order valence-corrected chi connectivity index (χ1v) is 7.12. The van der Waals surface area contributed by atoms with Crippen LogP contribution < -0.4 is 4.72 Å². The highest BCUT2D eigenvalue weighted by molar-refractivity contribution is 7.91. The normalized spacial score (nSPS) is 16.5. The summed E-state index contributed by atoms with van der Waals surface area (Å²) in [6, 6.07) is 2.68. The van der Waals surface area contributed by atoms with Gasteiger partial charge in [-0.05, 0) is 18.4 Å². The summed E-state index contributed by atoms with van der Waals surface area (Å²) >= 11 is 0.841. The molecular formula is C9H12F3NO3S2. The van der Waals surface area contributed by atoms with Crippen molar-refractivity contribution < 1.29 is 26.3 Å². The van der Waals surface area contributed by atoms with Crippen molar-refractivity contribution in [3.8, 4) is 0 Å². The number of nitrogens with one attached hydrogen (secondary N) is 1. The summed E-state index contributed by atoms with van der Waals surface area (Å²) in [4.78, 5) is 0. The molecule has 4 nitrogen and oxygen atoms in total. The molecule has 18 heavy (non-hydrogen) atoms. The lowest BCUT2D eigenvalue weighted by Crippen LogP contribution is -2.59. The van der Waals surface area contributed by atoms with Crippen LogP contribution in [0.1, 0.15) is 6.92 Å². The molecule has 0 saturated carbocycles. The average molecular weight is 303 g/mol. The fourth-order valence-electron chi connectivity index (χ4n) is 1.22. The van der Waals surface area contributed by atoms with Gasteiger partial charge in [0.05, 0.1) is 6.61 Å². The number of alkyl halides is 3. The highest BCUT2D eigenvalue weighted by Crippen LogP contribution is 2.32. The first-order chi connectivity index (χ1) is 8.12. The van der Waals surface area contributed by atoms with Gasteiger partial charge >= 0.3 is 6.18 Å². The second-order valence-corrected chi connectivity index (χ2v) is 6.66. The molecule has 0 aliphatic carbocycles. The van der Waals surface area contributed by atoms with Gasteiger partial charge in [-0.2, -0.15) is 17.9 Å². The van der Waals surface area contributed by atoms with Crippen LogP contribution in [0.25, 0.3) is 0 Å². The molecule has 104 valence electrons. The van der Waals surface area contributed by atoms with Crippen molar-refractivity contribution in [2.45, 2.75) is 22.8 Å². The lowest BCUT2D eigenvalue weighted by molar-refractivity contribution is -0.197. The van der Waals surface area contributed by atoms with E-state index in [-0.39, 0.29) is 4.21 Å². The van der Waals surface area contributed by atoms with E-state index in [9.17, 15) is 21.6 Å². The number of thiophene rings is 1. The summed E-state index contributed by atoms with van der Waals surface area (Å²) in [5, 5.41) is 1.47. The fourth-order valence-corrected chi connectivity index (χ4v) is 3.59. The molecular weight excluding hydrogens is 291 g/mol. The van der Waals surface area contributed by atoms with E-state index in [2.05, 4.69) is 4.74 Å². The number of rotatable bonds is 5. The third-order valence-corrected chi connectivity index (χ3v) is 5.17. The van der Waals surface area contributed by atoms with Gasteiger partial charge in [0, 0.05) is 7.11 Å². The Labute approximate surface area is 107 Å². The van der Waals surface area contributed by atoms with Crippen molar-refractivity contribution in [2.24, 2.45) is 0 Å². The van der Waals surface area contributed by atoms with Crippen LogP contribution in [0.4, 0.5) is 13.2 Å². The first-order valence-electron chi connectivity index (χ1n) is 4.75. The molecule has 0 bridgehead atoms. The fraction of sp³-hybridized carbons (Fsp3) is 0.556. The van der Waals surface area contributed by atoms with Gasteiger partial charge in [0.1, 0.15) is 9.75 Å². The number of ether oxygens (including phenoxy) is 1. The molecule has 1 atom stereocenters. The van der Waals surface area contributed by atoms with Gasteiger partial charge in [-0.1, -0.05) is 6.07 Å². The number of hydrogen-bond acceptors (Lipinski definition) is 4. The molecule has 0 radical (unpaired) electrons. The average Bonchev–Trinajstić information content (AvgIpc) is 2.68. The van der Waals surface area contributed by atoms with Crippen molar-refractivity contribution in [3.05, 3.63) is 17.5 Å². The van der Waals surface area contributed by atoms with Crippen LogP contribution in [0.2, 0.25) is 0 Å². The van der Waals surface area contributed by atoms with Gasteiger partial charge in [-0.3, -0.25) is 0 Å². The molecule has 1 aromatic heterocycles. The van der Waals surface area contributed by atoms with Gasteiger partial charge in [-0.15, -0.1) is 11.3 Å². The Kier molecular flexibility index (Phi) is 4.42. The Balaban J connectivity index is 3.06. The Morgan fingerprint density at radius 2 is 2.06 bits per heavy atom. The Morgan fingerprint density at radius 1 is 1.44 bits per heavy atom. The van der Waals surface area contributed by atoms with Crippen LogP contribution in [-0.4, -0.2) is 33.8 Å². The lowest BCUT2D eigenvalue weighted by Gasteiger charge is -2.31. The molecule has 9 heteroatoms. The van der Waals surface area contributed by atoms with Gasteiger partial charge < -0.3 is 4.74 Å². The van der Waals surface area contributed by atoms with Gasteiger partial charge in [0.2, 0.25) is 0 Å². The van der Waals surface area contributed by atoms with Crippen LogP contribution in [0.5, 0.6) is 0 Å². The zero-order chi connectivity index (χ0) is 14.0. The SMILES string of the molecule is COCC(C)(NS(=O)(=O)c1cccs1)C(F)(F)F. The summed E-state index contributed by atoms with van der Waals surface area (Å²) in [6.45, 7) is -0.0667. The topological polar surface area (TPSA) is 55.4 Å². The summed E-state index contributed by atoms with van der Waals surface area (Å²) in [5.41, 5.74) is -2.66. The predicted molar refractivity (Wildman–Crippen MR) is 61.0 cm³/mol. The standard InChI is InChI=1S/C9H12F3NO3S2/c1-8(6-16-2,9(10,11)12)13-18(14,15)7-4-3-5-17-7/h3-5,13H,6H2,1-2H3. The minimum Gasteiger partial charge on any atom is -0.382 e. The largest absolute Gasteiger partial charge is 0.409 e. The summed E-state index contributed by atoms with van der Waals surface area (Å²) in [7, 11) is -3.14. The smallest absolute Gasteiger partial charge is 0.382 e. The van der Waals surface area contributed by atoms with Crippen LogP contribution in [0.15, 0.2) is 21.7 Å². The zero-order valence-electron chi connectivity index (χ0n) is 9.61. The van der Waals surface area contributed by atoms with Gasteiger partial charge in [-0.25, -0.2) is 8.42 Å². The maximum Gasteiger partial charge on any atom is 0.409 e. The van der Waals surface area contributed by atoms with Gasteiger partial charge in [0.25, 0.3) is 10.0 Å². The van der Waals surface area contributed by atoms with Crippen molar-refractivity contribution in [1.29, 1.82) is 0 Å². The van der Waals surface area contributed by atoms with E-state index in [1.807, 2.05) is 0 Å². The quantitative estimate of drug-likeness (QED) is 0.905. The minimum absolute atomic E-state index is 0.172.